The van der Waals surface area contributed by atoms with Crippen LogP contribution in [-0.4, -0.2) is 28.3 Å². The maximum atomic E-state index is 12.5. The van der Waals surface area contributed by atoms with Gasteiger partial charge in [0.1, 0.15) is 0 Å². The number of rotatable bonds is 5. The fourth-order valence-electron chi connectivity index (χ4n) is 2.71. The minimum Gasteiger partial charge on any atom is -0.451 e. The Labute approximate surface area is 165 Å². The van der Waals surface area contributed by atoms with E-state index in [1.807, 2.05) is 6.92 Å². The fraction of sp³-hybridized carbons (Fsp3) is 0.200. The number of esters is 1. The molecule has 0 saturated carbocycles. The highest BCUT2D eigenvalue weighted by Crippen LogP contribution is 2.22. The van der Waals surface area contributed by atoms with Gasteiger partial charge in [-0.25, -0.2) is 9.48 Å². The van der Waals surface area contributed by atoms with E-state index in [1.165, 1.54) is 4.68 Å². The van der Waals surface area contributed by atoms with Gasteiger partial charge in [0.25, 0.3) is 11.5 Å². The number of nitrogens with zero attached hydrogens (tertiary/aromatic N) is 2. The van der Waals surface area contributed by atoms with Crippen LogP contribution in [0.1, 0.15) is 23.0 Å². The molecule has 1 N–H and O–H groups in total. The molecule has 0 spiro atoms. The first-order chi connectivity index (χ1) is 13.4. The number of ether oxygens (including phenoxy) is 1. The van der Waals surface area contributed by atoms with Crippen molar-refractivity contribution < 1.29 is 14.3 Å². The first kappa shape index (κ1) is 19.6. The molecule has 0 aliphatic carbocycles. The number of carbonyl (C=O) groups excluding carboxylic acids is 2. The molecule has 0 atom stereocenters. The largest absolute Gasteiger partial charge is 0.451 e. The van der Waals surface area contributed by atoms with E-state index in [-0.39, 0.29) is 11.3 Å². The molecule has 0 aliphatic rings. The number of hydrogen-bond acceptors (Lipinski definition) is 5. The smallest absolute Gasteiger partial charge is 0.359 e. The molecule has 0 aliphatic heterocycles. The molecule has 0 fully saturated rings. The predicted molar refractivity (Wildman–Crippen MR) is 107 cm³/mol. The van der Waals surface area contributed by atoms with Crippen LogP contribution in [0.4, 0.5) is 5.69 Å². The lowest BCUT2D eigenvalue weighted by Gasteiger charge is -2.10. The van der Waals surface area contributed by atoms with Gasteiger partial charge in [-0.15, -0.1) is 0 Å². The number of halogens is 1. The van der Waals surface area contributed by atoms with E-state index >= 15 is 0 Å². The standard InChI is InChI=1S/C20H18ClN3O4/c1-3-24-19(26)14-7-5-4-6-13(14)18(23-24)20(27)28-11-17(25)22-16-9-8-12(2)10-15(16)21/h4-10H,3,11H2,1-2H3,(H,22,25). The lowest BCUT2D eigenvalue weighted by atomic mass is 10.1. The van der Waals surface area contributed by atoms with Crippen LogP contribution >= 0.6 is 11.6 Å². The number of anilines is 1. The SMILES string of the molecule is CCn1nc(C(=O)OCC(=O)Nc2ccc(C)cc2Cl)c2ccccc2c1=O. The maximum absolute atomic E-state index is 12.5. The predicted octanol–water partition coefficient (Wildman–Crippen LogP) is 3.17. The van der Waals surface area contributed by atoms with Gasteiger partial charge in [-0.1, -0.05) is 35.9 Å². The Morgan fingerprint density at radius 2 is 1.89 bits per heavy atom. The zero-order valence-corrected chi connectivity index (χ0v) is 16.1. The monoisotopic (exact) mass is 399 g/mol. The second kappa shape index (κ2) is 8.22. The summed E-state index contributed by atoms with van der Waals surface area (Å²) in [7, 11) is 0. The minimum absolute atomic E-state index is 0.0155. The number of carbonyl (C=O) groups is 2. The van der Waals surface area contributed by atoms with Crippen molar-refractivity contribution in [2.45, 2.75) is 20.4 Å². The topological polar surface area (TPSA) is 90.3 Å². The van der Waals surface area contributed by atoms with Crippen molar-refractivity contribution in [3.63, 3.8) is 0 Å². The molecule has 0 bridgehead atoms. The number of hydrogen-bond donors (Lipinski definition) is 1. The Balaban J connectivity index is 1.77. The third-order valence-corrected chi connectivity index (χ3v) is 4.41. The molecule has 0 radical (unpaired) electrons. The Bertz CT molecular complexity index is 1120. The second-order valence-corrected chi connectivity index (χ2v) is 6.53. The molecule has 0 unspecified atom stereocenters. The van der Waals surface area contributed by atoms with E-state index in [2.05, 4.69) is 10.4 Å². The first-order valence-corrected chi connectivity index (χ1v) is 9.01. The summed E-state index contributed by atoms with van der Waals surface area (Å²) < 4.78 is 6.29. The van der Waals surface area contributed by atoms with Gasteiger partial charge in [0.05, 0.1) is 16.1 Å². The summed E-state index contributed by atoms with van der Waals surface area (Å²) in [5.41, 5.74) is 1.08. The molecule has 0 saturated heterocycles. The molecule has 1 heterocycles. The molecule has 1 aromatic heterocycles. The van der Waals surface area contributed by atoms with Crippen molar-refractivity contribution in [3.05, 3.63) is 69.1 Å². The van der Waals surface area contributed by atoms with Crippen molar-refractivity contribution in [2.75, 3.05) is 11.9 Å². The van der Waals surface area contributed by atoms with E-state index < -0.39 is 18.5 Å². The van der Waals surface area contributed by atoms with E-state index in [0.717, 1.165) is 5.56 Å². The van der Waals surface area contributed by atoms with Crippen LogP contribution in [0.5, 0.6) is 0 Å². The van der Waals surface area contributed by atoms with Gasteiger partial charge >= 0.3 is 5.97 Å². The van der Waals surface area contributed by atoms with E-state index in [0.29, 0.717) is 28.0 Å². The lowest BCUT2D eigenvalue weighted by Crippen LogP contribution is -2.27. The van der Waals surface area contributed by atoms with Crippen molar-refractivity contribution in [1.82, 2.24) is 9.78 Å². The maximum Gasteiger partial charge on any atom is 0.359 e. The van der Waals surface area contributed by atoms with Gasteiger partial charge in [0, 0.05) is 11.9 Å². The summed E-state index contributed by atoms with van der Waals surface area (Å²) in [4.78, 5) is 36.9. The van der Waals surface area contributed by atoms with Gasteiger partial charge in [0.15, 0.2) is 12.3 Å². The average Bonchev–Trinajstić information content (AvgIpc) is 2.69. The highest BCUT2D eigenvalue weighted by atomic mass is 35.5. The number of nitrogens with one attached hydrogen (secondary N) is 1. The van der Waals surface area contributed by atoms with Gasteiger partial charge in [0.2, 0.25) is 0 Å². The highest BCUT2D eigenvalue weighted by molar-refractivity contribution is 6.33. The summed E-state index contributed by atoms with van der Waals surface area (Å²) in [6.45, 7) is 3.42. The Hall–Kier alpha value is -3.19. The zero-order valence-electron chi connectivity index (χ0n) is 15.4. The summed E-state index contributed by atoms with van der Waals surface area (Å²) in [6.07, 6.45) is 0. The van der Waals surface area contributed by atoms with Crippen molar-refractivity contribution in [3.8, 4) is 0 Å². The van der Waals surface area contributed by atoms with Gasteiger partial charge in [-0.3, -0.25) is 9.59 Å². The minimum atomic E-state index is -0.788. The average molecular weight is 400 g/mol. The third-order valence-electron chi connectivity index (χ3n) is 4.09. The molecule has 7 nitrogen and oxygen atoms in total. The normalized spacial score (nSPS) is 10.7. The molecule has 28 heavy (non-hydrogen) atoms. The van der Waals surface area contributed by atoms with Crippen LogP contribution in [0.25, 0.3) is 10.8 Å². The van der Waals surface area contributed by atoms with Crippen LogP contribution in [0.3, 0.4) is 0 Å². The Morgan fingerprint density at radius 1 is 1.18 bits per heavy atom. The molecule has 144 valence electrons. The van der Waals surface area contributed by atoms with Crippen LogP contribution in [0.15, 0.2) is 47.3 Å². The highest BCUT2D eigenvalue weighted by Gasteiger charge is 2.19. The van der Waals surface area contributed by atoms with Gasteiger partial charge < -0.3 is 10.1 Å². The molecule has 3 aromatic rings. The van der Waals surface area contributed by atoms with Crippen molar-refractivity contribution in [2.24, 2.45) is 0 Å². The van der Waals surface area contributed by atoms with E-state index in [4.69, 9.17) is 16.3 Å². The molecular weight excluding hydrogens is 382 g/mol. The van der Waals surface area contributed by atoms with Crippen LogP contribution < -0.4 is 10.9 Å². The van der Waals surface area contributed by atoms with Crippen LogP contribution in [0, 0.1) is 6.92 Å². The molecule has 8 heteroatoms. The molecular formula is C20H18ClN3O4. The quantitative estimate of drug-likeness (QED) is 0.665. The first-order valence-electron chi connectivity index (χ1n) is 8.63. The van der Waals surface area contributed by atoms with Gasteiger partial charge in [-0.2, -0.15) is 5.10 Å². The van der Waals surface area contributed by atoms with E-state index in [9.17, 15) is 14.4 Å². The molecule has 2 aromatic carbocycles. The third kappa shape index (κ3) is 4.04. The van der Waals surface area contributed by atoms with Crippen molar-refractivity contribution >= 4 is 39.9 Å². The second-order valence-electron chi connectivity index (χ2n) is 6.12. The number of fused-ring (bicyclic) bond motifs is 1. The summed E-state index contributed by atoms with van der Waals surface area (Å²) in [6, 6.07) is 11.8. The van der Waals surface area contributed by atoms with Crippen LogP contribution in [-0.2, 0) is 16.1 Å². The van der Waals surface area contributed by atoms with Gasteiger partial charge in [-0.05, 0) is 37.6 Å². The number of aromatic nitrogens is 2. The number of aryl methyl sites for hydroxylation is 2. The lowest BCUT2D eigenvalue weighted by molar-refractivity contribution is -0.119. The molecule has 3 rings (SSSR count). The summed E-state index contributed by atoms with van der Waals surface area (Å²) in [5, 5.41) is 7.80. The van der Waals surface area contributed by atoms with Crippen molar-refractivity contribution in [1.29, 1.82) is 0 Å². The van der Waals surface area contributed by atoms with E-state index in [1.54, 1.807) is 49.4 Å². The number of amides is 1. The molecule has 1 amide bonds. The zero-order chi connectivity index (χ0) is 20.3. The summed E-state index contributed by atoms with van der Waals surface area (Å²) >= 11 is 6.08. The fourth-order valence-corrected chi connectivity index (χ4v) is 2.99. The van der Waals surface area contributed by atoms with Crippen LogP contribution in [0.2, 0.25) is 5.02 Å². The summed E-state index contributed by atoms with van der Waals surface area (Å²) in [5.74, 6) is -1.32. The number of benzene rings is 2. The Kier molecular flexibility index (Phi) is 5.75. The Morgan fingerprint density at radius 3 is 2.57 bits per heavy atom.